The van der Waals surface area contributed by atoms with Gasteiger partial charge >= 0.3 is 12.1 Å². The summed E-state index contributed by atoms with van der Waals surface area (Å²) in [6.45, 7) is 1.44. The Hall–Kier alpha value is -2.77. The Kier molecular flexibility index (Phi) is 5.20. The Balaban J connectivity index is 2.12. The summed E-state index contributed by atoms with van der Waals surface area (Å²) >= 11 is 0. The average molecular weight is 355 g/mol. The van der Waals surface area contributed by atoms with Crippen LogP contribution in [0.15, 0.2) is 34.7 Å². The lowest BCUT2D eigenvalue weighted by Crippen LogP contribution is -2.28. The first-order valence-corrected chi connectivity index (χ1v) is 7.31. The standard InChI is InChI=1S/C17H16F3NO4/c1-10-13(16(23)24)8-12(25-10)9-21(2)15(22)7-11-5-3-4-6-14(11)17(18,19)20/h3-6,8H,7,9H2,1-2H3,(H,23,24). The molecule has 134 valence electrons. The highest BCUT2D eigenvalue weighted by molar-refractivity contribution is 5.88. The lowest BCUT2D eigenvalue weighted by Gasteiger charge is -2.18. The molecule has 0 aliphatic carbocycles. The SMILES string of the molecule is Cc1oc(CN(C)C(=O)Cc2ccccc2C(F)(F)F)cc1C(=O)O. The molecular formula is C17H16F3NO4. The second-order valence-corrected chi connectivity index (χ2v) is 5.57. The molecule has 1 amide bonds. The van der Waals surface area contributed by atoms with Crippen molar-refractivity contribution in [2.24, 2.45) is 0 Å². The predicted molar refractivity (Wildman–Crippen MR) is 82.0 cm³/mol. The summed E-state index contributed by atoms with van der Waals surface area (Å²) in [5.41, 5.74) is -0.981. The van der Waals surface area contributed by atoms with Crippen LogP contribution in [0.3, 0.4) is 0 Å². The van der Waals surface area contributed by atoms with Crippen molar-refractivity contribution in [3.8, 4) is 0 Å². The second kappa shape index (κ2) is 7.00. The molecule has 0 radical (unpaired) electrons. The number of carbonyl (C=O) groups is 2. The summed E-state index contributed by atoms with van der Waals surface area (Å²) in [6, 6.07) is 6.18. The molecule has 1 aromatic carbocycles. The topological polar surface area (TPSA) is 70.8 Å². The molecule has 0 fully saturated rings. The van der Waals surface area contributed by atoms with E-state index in [1.807, 2.05) is 0 Å². The minimum atomic E-state index is -4.54. The summed E-state index contributed by atoms with van der Waals surface area (Å²) in [5.74, 6) is -1.25. The third kappa shape index (κ3) is 4.40. The maximum Gasteiger partial charge on any atom is 0.416 e. The first-order chi connectivity index (χ1) is 11.6. The Morgan fingerprint density at radius 3 is 2.44 bits per heavy atom. The highest BCUT2D eigenvalue weighted by Gasteiger charge is 2.33. The van der Waals surface area contributed by atoms with Crippen molar-refractivity contribution >= 4 is 11.9 Å². The number of carbonyl (C=O) groups excluding carboxylic acids is 1. The first kappa shape index (κ1) is 18.6. The predicted octanol–water partition coefficient (Wildman–Crippen LogP) is 3.51. The number of carboxylic acid groups (broad SMARTS) is 1. The van der Waals surface area contributed by atoms with Gasteiger partial charge in [-0.3, -0.25) is 4.79 Å². The number of hydrogen-bond donors (Lipinski definition) is 1. The molecule has 0 bridgehead atoms. The summed E-state index contributed by atoms with van der Waals surface area (Å²) in [4.78, 5) is 24.4. The number of rotatable bonds is 5. The fourth-order valence-corrected chi connectivity index (χ4v) is 2.40. The number of alkyl halides is 3. The van der Waals surface area contributed by atoms with E-state index in [-0.39, 0.29) is 29.2 Å². The van der Waals surface area contributed by atoms with Crippen LogP contribution in [-0.2, 0) is 23.9 Å². The van der Waals surface area contributed by atoms with Crippen molar-refractivity contribution in [3.05, 3.63) is 58.5 Å². The molecule has 0 unspecified atom stereocenters. The van der Waals surface area contributed by atoms with Crippen molar-refractivity contribution in [3.63, 3.8) is 0 Å². The summed E-state index contributed by atoms with van der Waals surface area (Å²) in [6.07, 6.45) is -4.96. The number of furan rings is 1. The molecule has 8 heteroatoms. The highest BCUT2D eigenvalue weighted by atomic mass is 19.4. The number of aromatic carboxylic acids is 1. The van der Waals surface area contributed by atoms with Crippen LogP contribution in [0.2, 0.25) is 0 Å². The third-order valence-electron chi connectivity index (χ3n) is 3.68. The number of benzene rings is 1. The first-order valence-electron chi connectivity index (χ1n) is 7.31. The zero-order valence-corrected chi connectivity index (χ0v) is 13.6. The third-order valence-corrected chi connectivity index (χ3v) is 3.68. The lowest BCUT2D eigenvalue weighted by molar-refractivity contribution is -0.138. The molecule has 0 saturated heterocycles. The number of amides is 1. The van der Waals surface area contributed by atoms with E-state index in [1.54, 1.807) is 0 Å². The summed E-state index contributed by atoms with van der Waals surface area (Å²) in [5, 5.41) is 8.98. The molecule has 2 aromatic rings. The van der Waals surface area contributed by atoms with E-state index in [0.29, 0.717) is 0 Å². The lowest BCUT2D eigenvalue weighted by atomic mass is 10.0. The van der Waals surface area contributed by atoms with E-state index in [4.69, 9.17) is 9.52 Å². The van der Waals surface area contributed by atoms with Crippen LogP contribution >= 0.6 is 0 Å². The van der Waals surface area contributed by atoms with Gasteiger partial charge in [0.2, 0.25) is 5.91 Å². The molecule has 1 aromatic heterocycles. The number of likely N-dealkylation sites (N-methyl/N-ethyl adjacent to an activating group) is 1. The molecule has 1 N–H and O–H groups in total. The van der Waals surface area contributed by atoms with Crippen LogP contribution in [0.4, 0.5) is 13.2 Å². The van der Waals surface area contributed by atoms with E-state index < -0.39 is 30.0 Å². The minimum absolute atomic E-state index is 0.0155. The molecule has 0 spiro atoms. The van der Waals surface area contributed by atoms with Crippen LogP contribution in [0, 0.1) is 6.92 Å². The number of aryl methyl sites for hydroxylation is 1. The van der Waals surface area contributed by atoms with Crippen LogP contribution < -0.4 is 0 Å². The van der Waals surface area contributed by atoms with Crippen molar-refractivity contribution in [2.75, 3.05) is 7.05 Å². The van der Waals surface area contributed by atoms with Gasteiger partial charge in [0.05, 0.1) is 18.5 Å². The van der Waals surface area contributed by atoms with Gasteiger partial charge in [0.1, 0.15) is 17.1 Å². The van der Waals surface area contributed by atoms with Crippen molar-refractivity contribution < 1.29 is 32.3 Å². The quantitative estimate of drug-likeness (QED) is 0.891. The number of hydrogen-bond acceptors (Lipinski definition) is 3. The van der Waals surface area contributed by atoms with Crippen molar-refractivity contribution in [2.45, 2.75) is 26.1 Å². The number of nitrogens with zero attached hydrogens (tertiary/aromatic N) is 1. The maximum atomic E-state index is 13.0. The van der Waals surface area contributed by atoms with Gasteiger partial charge in [0, 0.05) is 7.05 Å². The van der Waals surface area contributed by atoms with Gasteiger partial charge < -0.3 is 14.4 Å². The molecular weight excluding hydrogens is 339 g/mol. The molecule has 0 saturated carbocycles. The Morgan fingerprint density at radius 2 is 1.88 bits per heavy atom. The fourth-order valence-electron chi connectivity index (χ4n) is 2.40. The normalized spacial score (nSPS) is 11.4. The van der Waals surface area contributed by atoms with E-state index in [9.17, 15) is 22.8 Å². The maximum absolute atomic E-state index is 13.0. The molecule has 0 atom stereocenters. The van der Waals surface area contributed by atoms with Crippen molar-refractivity contribution in [1.29, 1.82) is 0 Å². The molecule has 5 nitrogen and oxygen atoms in total. The molecule has 0 aliphatic rings. The van der Waals surface area contributed by atoms with E-state index >= 15 is 0 Å². The second-order valence-electron chi connectivity index (χ2n) is 5.57. The van der Waals surface area contributed by atoms with Gasteiger partial charge in [-0.15, -0.1) is 0 Å². The summed E-state index contributed by atoms with van der Waals surface area (Å²) < 4.78 is 44.2. The average Bonchev–Trinajstić information content (AvgIpc) is 2.87. The fraction of sp³-hybridized carbons (Fsp3) is 0.294. The van der Waals surface area contributed by atoms with Crippen molar-refractivity contribution in [1.82, 2.24) is 4.90 Å². The molecule has 1 heterocycles. The van der Waals surface area contributed by atoms with E-state index in [1.165, 1.54) is 43.1 Å². The smallest absolute Gasteiger partial charge is 0.416 e. The number of halogens is 3. The molecule has 2 rings (SSSR count). The monoisotopic (exact) mass is 355 g/mol. The Bertz CT molecular complexity index is 795. The van der Waals surface area contributed by atoms with Crippen LogP contribution in [0.5, 0.6) is 0 Å². The van der Waals surface area contributed by atoms with Crippen LogP contribution in [0.1, 0.15) is 33.0 Å². The van der Waals surface area contributed by atoms with Crippen LogP contribution in [-0.4, -0.2) is 28.9 Å². The minimum Gasteiger partial charge on any atom is -0.478 e. The number of carboxylic acids is 1. The van der Waals surface area contributed by atoms with E-state index in [0.717, 1.165) is 6.07 Å². The Morgan fingerprint density at radius 1 is 1.24 bits per heavy atom. The Labute approximate surface area is 141 Å². The van der Waals surface area contributed by atoms with Gasteiger partial charge in [-0.05, 0) is 24.6 Å². The highest BCUT2D eigenvalue weighted by Crippen LogP contribution is 2.32. The zero-order valence-electron chi connectivity index (χ0n) is 13.6. The molecule has 0 aliphatic heterocycles. The largest absolute Gasteiger partial charge is 0.478 e. The van der Waals surface area contributed by atoms with Crippen LogP contribution in [0.25, 0.3) is 0 Å². The van der Waals surface area contributed by atoms with E-state index in [2.05, 4.69) is 0 Å². The van der Waals surface area contributed by atoms with Gasteiger partial charge in [-0.2, -0.15) is 13.2 Å². The van der Waals surface area contributed by atoms with Gasteiger partial charge in [-0.1, -0.05) is 18.2 Å². The van der Waals surface area contributed by atoms with Gasteiger partial charge in [0.15, 0.2) is 0 Å². The van der Waals surface area contributed by atoms with Gasteiger partial charge in [-0.25, -0.2) is 4.79 Å². The zero-order chi connectivity index (χ0) is 18.8. The summed E-state index contributed by atoms with van der Waals surface area (Å²) in [7, 11) is 1.41. The molecule has 25 heavy (non-hydrogen) atoms. The van der Waals surface area contributed by atoms with Gasteiger partial charge in [0.25, 0.3) is 0 Å².